The van der Waals surface area contributed by atoms with E-state index in [0.717, 1.165) is 16.3 Å². The van der Waals surface area contributed by atoms with E-state index in [1.54, 1.807) is 0 Å². The lowest BCUT2D eigenvalue weighted by molar-refractivity contribution is 0.340. The first-order valence-corrected chi connectivity index (χ1v) is 4.75. The first-order valence-electron chi connectivity index (χ1n) is 4.38. The SMILES string of the molecule is CCOc1ccc(Cl)c([C](C)C)c1. The molecule has 0 bridgehead atoms. The van der Waals surface area contributed by atoms with Crippen molar-refractivity contribution in [3.63, 3.8) is 0 Å². The van der Waals surface area contributed by atoms with E-state index >= 15 is 0 Å². The molecular formula is C11H14ClO. The van der Waals surface area contributed by atoms with Gasteiger partial charge in [0.25, 0.3) is 0 Å². The summed E-state index contributed by atoms with van der Waals surface area (Å²) in [5, 5.41) is 0.781. The molecule has 0 amide bonds. The molecule has 0 aliphatic heterocycles. The number of halogens is 1. The van der Waals surface area contributed by atoms with Crippen LogP contribution in [0.1, 0.15) is 26.3 Å². The minimum Gasteiger partial charge on any atom is -0.494 e. The lowest BCUT2D eigenvalue weighted by Crippen LogP contribution is -1.95. The molecule has 0 aliphatic rings. The van der Waals surface area contributed by atoms with Crippen LogP contribution in [0.2, 0.25) is 5.02 Å². The summed E-state index contributed by atoms with van der Waals surface area (Å²) in [6.45, 7) is 6.73. The van der Waals surface area contributed by atoms with Gasteiger partial charge < -0.3 is 4.74 Å². The van der Waals surface area contributed by atoms with Gasteiger partial charge in [-0.05, 0) is 30.7 Å². The van der Waals surface area contributed by atoms with Crippen LogP contribution in [0.5, 0.6) is 5.75 Å². The number of hydrogen-bond donors (Lipinski definition) is 0. The molecular weight excluding hydrogens is 184 g/mol. The van der Waals surface area contributed by atoms with E-state index in [9.17, 15) is 0 Å². The first kappa shape index (κ1) is 10.4. The molecule has 0 spiro atoms. The summed E-state index contributed by atoms with van der Waals surface area (Å²) in [6, 6.07) is 5.73. The van der Waals surface area contributed by atoms with Gasteiger partial charge in [-0.2, -0.15) is 0 Å². The average molecular weight is 198 g/mol. The van der Waals surface area contributed by atoms with Crippen molar-refractivity contribution in [2.75, 3.05) is 6.61 Å². The van der Waals surface area contributed by atoms with Gasteiger partial charge in [-0.15, -0.1) is 0 Å². The first-order chi connectivity index (χ1) is 6.15. The highest BCUT2D eigenvalue weighted by Gasteiger charge is 2.06. The Kier molecular flexibility index (Phi) is 3.61. The largest absolute Gasteiger partial charge is 0.494 e. The van der Waals surface area contributed by atoms with Crippen LogP contribution in [-0.4, -0.2) is 6.61 Å². The molecule has 1 aromatic carbocycles. The van der Waals surface area contributed by atoms with Crippen molar-refractivity contribution in [1.82, 2.24) is 0 Å². The third-order valence-electron chi connectivity index (χ3n) is 1.79. The third-order valence-corrected chi connectivity index (χ3v) is 2.12. The maximum Gasteiger partial charge on any atom is 0.119 e. The van der Waals surface area contributed by atoms with Crippen molar-refractivity contribution in [1.29, 1.82) is 0 Å². The molecule has 0 N–H and O–H groups in total. The summed E-state index contributed by atoms with van der Waals surface area (Å²) in [6.07, 6.45) is 0. The predicted octanol–water partition coefficient (Wildman–Crippen LogP) is 3.70. The Hall–Kier alpha value is -0.690. The molecule has 0 atom stereocenters. The maximum absolute atomic E-state index is 6.01. The molecule has 0 heterocycles. The van der Waals surface area contributed by atoms with Gasteiger partial charge in [-0.3, -0.25) is 0 Å². The summed E-state index contributed by atoms with van der Waals surface area (Å²) in [4.78, 5) is 0. The van der Waals surface area contributed by atoms with Gasteiger partial charge in [0.15, 0.2) is 0 Å². The maximum atomic E-state index is 6.01. The molecule has 1 nitrogen and oxygen atoms in total. The molecule has 1 rings (SSSR count). The van der Waals surface area contributed by atoms with Crippen molar-refractivity contribution >= 4 is 11.6 Å². The zero-order valence-electron chi connectivity index (χ0n) is 8.23. The smallest absolute Gasteiger partial charge is 0.119 e. The number of benzene rings is 1. The molecule has 0 saturated carbocycles. The Labute approximate surface area is 84.7 Å². The van der Waals surface area contributed by atoms with Gasteiger partial charge in [0.05, 0.1) is 6.61 Å². The van der Waals surface area contributed by atoms with E-state index in [2.05, 4.69) is 0 Å². The number of hydrogen-bond acceptors (Lipinski definition) is 1. The standard InChI is InChI=1S/C11H14ClO/c1-4-13-9-5-6-11(12)10(7-9)8(2)3/h5-7H,4H2,1-3H3. The Bertz CT molecular complexity index is 281. The predicted molar refractivity (Wildman–Crippen MR) is 56.3 cm³/mol. The van der Waals surface area contributed by atoms with E-state index in [0.29, 0.717) is 6.61 Å². The molecule has 0 aromatic heterocycles. The third kappa shape index (κ3) is 2.63. The average Bonchev–Trinajstić information content (AvgIpc) is 2.08. The van der Waals surface area contributed by atoms with Crippen LogP contribution in [-0.2, 0) is 0 Å². The van der Waals surface area contributed by atoms with Gasteiger partial charge in [0, 0.05) is 10.9 Å². The highest BCUT2D eigenvalue weighted by Crippen LogP contribution is 2.27. The fourth-order valence-electron chi connectivity index (χ4n) is 1.14. The van der Waals surface area contributed by atoms with Crippen LogP contribution < -0.4 is 4.74 Å². The molecule has 0 saturated heterocycles. The molecule has 71 valence electrons. The monoisotopic (exact) mass is 197 g/mol. The van der Waals surface area contributed by atoms with Gasteiger partial charge in [-0.1, -0.05) is 25.4 Å². The lowest BCUT2D eigenvalue weighted by atomic mass is 10.0. The normalized spacial score (nSPS) is 10.5. The van der Waals surface area contributed by atoms with Crippen molar-refractivity contribution in [3.05, 3.63) is 34.7 Å². The molecule has 0 aliphatic carbocycles. The van der Waals surface area contributed by atoms with E-state index in [1.165, 1.54) is 5.92 Å². The second kappa shape index (κ2) is 4.52. The quantitative estimate of drug-likeness (QED) is 0.718. The van der Waals surface area contributed by atoms with Crippen molar-refractivity contribution in [2.45, 2.75) is 20.8 Å². The molecule has 0 fully saturated rings. The van der Waals surface area contributed by atoms with Crippen molar-refractivity contribution in [2.24, 2.45) is 0 Å². The number of rotatable bonds is 3. The second-order valence-corrected chi connectivity index (χ2v) is 3.48. The van der Waals surface area contributed by atoms with E-state index < -0.39 is 0 Å². The molecule has 1 aromatic rings. The summed E-state index contributed by atoms with van der Waals surface area (Å²) >= 11 is 6.01. The van der Waals surface area contributed by atoms with E-state index in [1.807, 2.05) is 39.0 Å². The highest BCUT2D eigenvalue weighted by atomic mass is 35.5. The zero-order valence-corrected chi connectivity index (χ0v) is 8.98. The van der Waals surface area contributed by atoms with Crippen LogP contribution in [0, 0.1) is 5.92 Å². The van der Waals surface area contributed by atoms with Crippen LogP contribution >= 0.6 is 11.6 Å². The summed E-state index contributed by atoms with van der Waals surface area (Å²) in [7, 11) is 0. The Morgan fingerprint density at radius 3 is 2.62 bits per heavy atom. The minimum atomic E-state index is 0.684. The Balaban J connectivity index is 2.97. The Morgan fingerprint density at radius 1 is 1.38 bits per heavy atom. The van der Waals surface area contributed by atoms with Gasteiger partial charge in [-0.25, -0.2) is 0 Å². The zero-order chi connectivity index (χ0) is 9.84. The fourth-order valence-corrected chi connectivity index (χ4v) is 1.45. The van der Waals surface area contributed by atoms with Gasteiger partial charge in [0.1, 0.15) is 5.75 Å². The van der Waals surface area contributed by atoms with E-state index in [-0.39, 0.29) is 0 Å². The highest BCUT2D eigenvalue weighted by molar-refractivity contribution is 6.31. The lowest BCUT2D eigenvalue weighted by Gasteiger charge is -2.10. The molecule has 2 heteroatoms. The van der Waals surface area contributed by atoms with Gasteiger partial charge in [0.2, 0.25) is 0 Å². The van der Waals surface area contributed by atoms with Crippen LogP contribution in [0.15, 0.2) is 18.2 Å². The van der Waals surface area contributed by atoms with Crippen LogP contribution in [0.25, 0.3) is 0 Å². The topological polar surface area (TPSA) is 9.23 Å². The van der Waals surface area contributed by atoms with Crippen LogP contribution in [0.3, 0.4) is 0 Å². The van der Waals surface area contributed by atoms with Gasteiger partial charge >= 0.3 is 0 Å². The molecule has 1 radical (unpaired) electrons. The summed E-state index contributed by atoms with van der Waals surface area (Å²) < 4.78 is 5.38. The molecule has 13 heavy (non-hydrogen) atoms. The Morgan fingerprint density at radius 2 is 2.08 bits per heavy atom. The second-order valence-electron chi connectivity index (χ2n) is 3.07. The molecule has 0 unspecified atom stereocenters. The van der Waals surface area contributed by atoms with E-state index in [4.69, 9.17) is 16.3 Å². The summed E-state index contributed by atoms with van der Waals surface area (Å²) in [5.41, 5.74) is 1.06. The number of ether oxygens (including phenoxy) is 1. The fraction of sp³-hybridized carbons (Fsp3) is 0.364. The van der Waals surface area contributed by atoms with Crippen LogP contribution in [0.4, 0.5) is 0 Å². The summed E-state index contributed by atoms with van der Waals surface area (Å²) in [5.74, 6) is 2.08. The van der Waals surface area contributed by atoms with Crippen molar-refractivity contribution < 1.29 is 4.74 Å². The minimum absolute atomic E-state index is 0.684. The van der Waals surface area contributed by atoms with Crippen molar-refractivity contribution in [3.8, 4) is 5.75 Å².